The lowest BCUT2D eigenvalue weighted by Gasteiger charge is -2.22. The highest BCUT2D eigenvalue weighted by Crippen LogP contribution is 2.16. The second-order valence-corrected chi connectivity index (χ2v) is 7.96. The Morgan fingerprint density at radius 1 is 1.11 bits per heavy atom. The van der Waals surface area contributed by atoms with Crippen molar-refractivity contribution in [3.63, 3.8) is 0 Å². The van der Waals surface area contributed by atoms with E-state index in [0.717, 1.165) is 31.7 Å². The maximum atomic E-state index is 11.0. The highest BCUT2D eigenvalue weighted by Gasteiger charge is 2.27. The minimum Gasteiger partial charge on any atom is -0.463 e. The van der Waals surface area contributed by atoms with Crippen molar-refractivity contribution in [1.29, 1.82) is 0 Å². The molecule has 5 heteroatoms. The molecule has 18 heavy (non-hydrogen) atoms. The summed E-state index contributed by atoms with van der Waals surface area (Å²) >= 11 is 0. The molecular formula is C13H26O4Si. The molecule has 0 spiro atoms. The Morgan fingerprint density at radius 3 is 2.28 bits per heavy atom. The first-order chi connectivity index (χ1) is 8.58. The number of carbonyl (C=O) groups excluding carboxylic acids is 1. The average molecular weight is 274 g/mol. The van der Waals surface area contributed by atoms with Crippen molar-refractivity contribution in [1.82, 2.24) is 0 Å². The molecule has 0 fully saturated rings. The van der Waals surface area contributed by atoms with Crippen molar-refractivity contribution >= 4 is 14.5 Å². The van der Waals surface area contributed by atoms with Gasteiger partial charge in [-0.1, -0.05) is 25.3 Å². The summed E-state index contributed by atoms with van der Waals surface area (Å²) in [5.41, 5.74) is 0. The molecule has 106 valence electrons. The third-order valence-corrected chi connectivity index (χ3v) is 5.92. The van der Waals surface area contributed by atoms with E-state index >= 15 is 0 Å². The number of rotatable bonds is 10. The zero-order chi connectivity index (χ0) is 13.9. The summed E-state index contributed by atoms with van der Waals surface area (Å²) in [6.07, 6.45) is 7.34. The average Bonchev–Trinajstić information content (AvgIpc) is 2.37. The predicted octanol–water partition coefficient (Wildman–Crippen LogP) is 3.03. The number of allylic oxidation sites excluding steroid dienone is 1. The number of hydrogen-bond donors (Lipinski definition) is 0. The van der Waals surface area contributed by atoms with Crippen LogP contribution in [-0.2, 0) is 18.4 Å². The zero-order valence-electron chi connectivity index (χ0n) is 12.0. The van der Waals surface area contributed by atoms with Crippen LogP contribution in [0.1, 0.15) is 32.6 Å². The Bertz CT molecular complexity index is 249. The van der Waals surface area contributed by atoms with Gasteiger partial charge in [0.25, 0.3) is 0 Å². The van der Waals surface area contributed by atoms with Gasteiger partial charge in [0.15, 0.2) is 0 Å². The summed E-state index contributed by atoms with van der Waals surface area (Å²) in [7, 11) is 1.55. The van der Waals surface area contributed by atoms with Crippen LogP contribution >= 0.6 is 0 Å². The molecule has 0 radical (unpaired) electrons. The third kappa shape index (κ3) is 8.44. The highest BCUT2D eigenvalue weighted by atomic mass is 28.4. The number of unbranched alkanes of at least 4 members (excludes halogenated alkanes) is 3. The summed E-state index contributed by atoms with van der Waals surface area (Å²) in [6.45, 7) is 4.38. The first-order valence-corrected chi connectivity index (χ1v) is 9.00. The van der Waals surface area contributed by atoms with Crippen molar-refractivity contribution in [2.24, 2.45) is 0 Å². The van der Waals surface area contributed by atoms with Crippen LogP contribution in [0.15, 0.2) is 12.2 Å². The van der Waals surface area contributed by atoms with E-state index in [1.165, 1.54) is 6.08 Å². The zero-order valence-corrected chi connectivity index (χ0v) is 13.0. The first-order valence-electron chi connectivity index (χ1n) is 6.47. The Balaban J connectivity index is 3.44. The molecule has 0 aliphatic rings. The van der Waals surface area contributed by atoms with Crippen LogP contribution < -0.4 is 0 Å². The van der Waals surface area contributed by atoms with Crippen molar-refractivity contribution in [2.75, 3.05) is 20.8 Å². The SMILES string of the molecule is CC=CC(=O)OCCCCCC[Si](C)(OC)OC. The molecule has 0 saturated carbocycles. The molecule has 0 N–H and O–H groups in total. The molecule has 0 unspecified atom stereocenters. The second-order valence-electron chi connectivity index (χ2n) is 4.37. The first kappa shape index (κ1) is 17.3. The molecule has 0 aromatic rings. The maximum absolute atomic E-state index is 11.0. The van der Waals surface area contributed by atoms with E-state index in [2.05, 4.69) is 6.55 Å². The standard InChI is InChI=1S/C13H26O4Si/c1-5-10-13(14)17-11-8-6-7-9-12-18(4,15-2)16-3/h5,10H,6-9,11-12H2,1-4H3. The van der Waals surface area contributed by atoms with E-state index in [-0.39, 0.29) is 5.97 Å². The molecule has 0 heterocycles. The van der Waals surface area contributed by atoms with E-state index in [0.29, 0.717) is 6.61 Å². The predicted molar refractivity (Wildman–Crippen MR) is 74.7 cm³/mol. The topological polar surface area (TPSA) is 44.8 Å². The molecule has 0 atom stereocenters. The van der Waals surface area contributed by atoms with Crippen LogP contribution in [0, 0.1) is 0 Å². The van der Waals surface area contributed by atoms with Gasteiger partial charge in [-0.05, 0) is 25.9 Å². The molecule has 0 aromatic heterocycles. The molecule has 0 aliphatic carbocycles. The fourth-order valence-electron chi connectivity index (χ4n) is 1.55. The van der Waals surface area contributed by atoms with Gasteiger partial charge in [0.05, 0.1) is 6.61 Å². The lowest BCUT2D eigenvalue weighted by atomic mass is 10.2. The van der Waals surface area contributed by atoms with Gasteiger partial charge in [0.2, 0.25) is 0 Å². The van der Waals surface area contributed by atoms with Crippen molar-refractivity contribution in [3.8, 4) is 0 Å². The number of hydrogen-bond acceptors (Lipinski definition) is 4. The van der Waals surface area contributed by atoms with Crippen LogP contribution in [0.3, 0.4) is 0 Å². The molecule has 0 amide bonds. The second kappa shape index (κ2) is 10.3. The van der Waals surface area contributed by atoms with Gasteiger partial charge in [0, 0.05) is 20.3 Å². The van der Waals surface area contributed by atoms with Crippen LogP contribution in [0.4, 0.5) is 0 Å². The van der Waals surface area contributed by atoms with Gasteiger partial charge in [0.1, 0.15) is 0 Å². The Kier molecular flexibility index (Phi) is 9.91. The van der Waals surface area contributed by atoms with Crippen LogP contribution in [0.5, 0.6) is 0 Å². The molecule has 4 nitrogen and oxygen atoms in total. The minimum atomic E-state index is -1.89. The minimum absolute atomic E-state index is 0.253. The summed E-state index contributed by atoms with van der Waals surface area (Å²) < 4.78 is 15.8. The Labute approximate surface area is 112 Å². The van der Waals surface area contributed by atoms with Gasteiger partial charge < -0.3 is 13.6 Å². The summed E-state index contributed by atoms with van der Waals surface area (Å²) in [6, 6.07) is 1.01. The number of esters is 1. The van der Waals surface area contributed by atoms with Gasteiger partial charge in [-0.15, -0.1) is 0 Å². The van der Waals surface area contributed by atoms with E-state index in [1.807, 2.05) is 0 Å². The number of ether oxygens (including phenoxy) is 1. The third-order valence-electron chi connectivity index (χ3n) is 2.94. The van der Waals surface area contributed by atoms with E-state index < -0.39 is 8.56 Å². The molecule has 0 aliphatic heterocycles. The van der Waals surface area contributed by atoms with Gasteiger partial charge >= 0.3 is 14.5 Å². The van der Waals surface area contributed by atoms with Crippen LogP contribution in [0.25, 0.3) is 0 Å². The fourth-order valence-corrected chi connectivity index (χ4v) is 3.01. The molecule has 0 bridgehead atoms. The molecular weight excluding hydrogens is 248 g/mol. The summed E-state index contributed by atoms with van der Waals surface area (Å²) in [5.74, 6) is -0.253. The van der Waals surface area contributed by atoms with Gasteiger partial charge in [-0.2, -0.15) is 0 Å². The van der Waals surface area contributed by atoms with Crippen molar-refractivity contribution in [3.05, 3.63) is 12.2 Å². The van der Waals surface area contributed by atoms with Crippen molar-refractivity contribution in [2.45, 2.75) is 45.2 Å². The summed E-state index contributed by atoms with van der Waals surface area (Å²) in [4.78, 5) is 11.0. The quantitative estimate of drug-likeness (QED) is 0.266. The van der Waals surface area contributed by atoms with Crippen LogP contribution in [-0.4, -0.2) is 35.4 Å². The van der Waals surface area contributed by atoms with Crippen molar-refractivity contribution < 1.29 is 18.4 Å². The summed E-state index contributed by atoms with van der Waals surface area (Å²) in [5, 5.41) is 0. The van der Waals surface area contributed by atoms with Gasteiger partial charge in [-0.25, -0.2) is 4.79 Å². The van der Waals surface area contributed by atoms with E-state index in [4.69, 9.17) is 13.6 Å². The molecule has 0 saturated heterocycles. The van der Waals surface area contributed by atoms with E-state index in [1.54, 1.807) is 27.2 Å². The molecule has 0 aromatic carbocycles. The van der Waals surface area contributed by atoms with Crippen LogP contribution in [0.2, 0.25) is 12.6 Å². The normalized spacial score (nSPS) is 12.0. The largest absolute Gasteiger partial charge is 0.463 e. The fraction of sp³-hybridized carbons (Fsp3) is 0.769. The monoisotopic (exact) mass is 274 g/mol. The molecule has 0 rings (SSSR count). The maximum Gasteiger partial charge on any atom is 0.334 e. The smallest absolute Gasteiger partial charge is 0.334 e. The lowest BCUT2D eigenvalue weighted by molar-refractivity contribution is -0.137. The van der Waals surface area contributed by atoms with Gasteiger partial charge in [-0.3, -0.25) is 0 Å². The Morgan fingerprint density at radius 2 is 1.72 bits per heavy atom. The lowest BCUT2D eigenvalue weighted by Crippen LogP contribution is -2.35. The Hall–Kier alpha value is -0.653. The van der Waals surface area contributed by atoms with E-state index in [9.17, 15) is 4.79 Å². The number of carbonyl (C=O) groups is 1. The highest BCUT2D eigenvalue weighted by molar-refractivity contribution is 6.65.